The van der Waals surface area contributed by atoms with Crippen molar-refractivity contribution in [2.24, 2.45) is 0 Å². The van der Waals surface area contributed by atoms with Crippen molar-refractivity contribution >= 4 is 11.0 Å². The number of rotatable bonds is 2. The van der Waals surface area contributed by atoms with Crippen LogP contribution < -0.4 is 4.74 Å². The summed E-state index contributed by atoms with van der Waals surface area (Å²) < 4.78 is 11.8. The molecule has 3 heteroatoms. The summed E-state index contributed by atoms with van der Waals surface area (Å²) in [5.74, 6) is 1.84. The zero-order valence-corrected chi connectivity index (χ0v) is 11.0. The van der Waals surface area contributed by atoms with Crippen molar-refractivity contribution in [2.75, 3.05) is 0 Å². The number of furan rings is 1. The molecule has 3 nitrogen and oxygen atoms in total. The summed E-state index contributed by atoms with van der Waals surface area (Å²) in [6, 6.07) is 4.06. The molecule has 0 atom stereocenters. The number of benzene rings is 1. The van der Waals surface area contributed by atoms with Crippen LogP contribution in [0.25, 0.3) is 11.0 Å². The molecule has 1 aliphatic rings. The highest BCUT2D eigenvalue weighted by Crippen LogP contribution is 2.41. The van der Waals surface area contributed by atoms with Gasteiger partial charge in [0.05, 0.1) is 6.61 Å². The van der Waals surface area contributed by atoms with E-state index in [1.165, 1.54) is 0 Å². The van der Waals surface area contributed by atoms with Crippen LogP contribution in [-0.2, 0) is 19.4 Å². The van der Waals surface area contributed by atoms with Gasteiger partial charge in [-0.2, -0.15) is 0 Å². The van der Waals surface area contributed by atoms with Gasteiger partial charge in [-0.15, -0.1) is 0 Å². The van der Waals surface area contributed by atoms with Crippen LogP contribution in [0.1, 0.15) is 37.7 Å². The lowest BCUT2D eigenvalue weighted by molar-refractivity contribution is 0.138. The predicted octanol–water partition coefficient (Wildman–Crippen LogP) is 3.20. The number of hydrogen-bond acceptors (Lipinski definition) is 3. The third-order valence-corrected chi connectivity index (χ3v) is 3.53. The van der Waals surface area contributed by atoms with E-state index < -0.39 is 0 Å². The van der Waals surface area contributed by atoms with Crippen LogP contribution in [0, 0.1) is 0 Å². The molecule has 0 saturated heterocycles. The molecular weight excluding hydrogens is 228 g/mol. The lowest BCUT2D eigenvalue weighted by Gasteiger charge is -2.16. The van der Waals surface area contributed by atoms with Gasteiger partial charge in [0.25, 0.3) is 0 Å². The Balaban J connectivity index is 2.26. The van der Waals surface area contributed by atoms with Crippen LogP contribution >= 0.6 is 0 Å². The number of ether oxygens (including phenoxy) is 1. The fourth-order valence-corrected chi connectivity index (χ4v) is 2.70. The average Bonchev–Trinajstić information content (AvgIpc) is 2.83. The van der Waals surface area contributed by atoms with Crippen LogP contribution in [-0.4, -0.2) is 10.7 Å². The second-order valence-corrected chi connectivity index (χ2v) is 5.51. The lowest BCUT2D eigenvalue weighted by Crippen LogP contribution is -2.24. The molecular formula is C15H18O3. The van der Waals surface area contributed by atoms with Gasteiger partial charge < -0.3 is 14.3 Å². The van der Waals surface area contributed by atoms with Gasteiger partial charge in [-0.3, -0.25) is 0 Å². The molecule has 18 heavy (non-hydrogen) atoms. The van der Waals surface area contributed by atoms with Gasteiger partial charge >= 0.3 is 0 Å². The maximum atomic E-state index is 9.64. The highest BCUT2D eigenvalue weighted by molar-refractivity contribution is 5.85. The molecule has 0 fully saturated rings. The topological polar surface area (TPSA) is 42.6 Å². The van der Waals surface area contributed by atoms with Crippen molar-refractivity contribution in [3.05, 3.63) is 29.0 Å². The van der Waals surface area contributed by atoms with E-state index in [-0.39, 0.29) is 12.2 Å². The highest BCUT2D eigenvalue weighted by atomic mass is 16.5. The molecule has 0 unspecified atom stereocenters. The first kappa shape index (κ1) is 11.6. The van der Waals surface area contributed by atoms with Gasteiger partial charge in [0.15, 0.2) is 0 Å². The lowest BCUT2D eigenvalue weighted by atomic mass is 9.96. The second kappa shape index (κ2) is 3.75. The smallest absolute Gasteiger partial charge is 0.140 e. The van der Waals surface area contributed by atoms with Crippen molar-refractivity contribution in [2.45, 2.75) is 45.8 Å². The minimum Gasteiger partial charge on any atom is -0.487 e. The molecule has 2 aromatic rings. The van der Waals surface area contributed by atoms with Gasteiger partial charge in [-0.1, -0.05) is 6.92 Å². The molecule has 96 valence electrons. The van der Waals surface area contributed by atoms with Crippen molar-refractivity contribution < 1.29 is 14.3 Å². The van der Waals surface area contributed by atoms with Crippen LogP contribution in [0.5, 0.6) is 5.75 Å². The molecule has 1 aliphatic heterocycles. The molecule has 0 aliphatic carbocycles. The molecule has 1 aromatic carbocycles. The molecule has 3 rings (SSSR count). The SMILES string of the molecule is CCc1cc2cc3c(c(CO)c2o1)CC(C)(C)O3. The number of aliphatic hydroxyl groups excluding tert-OH is 1. The first-order chi connectivity index (χ1) is 8.54. The van der Waals surface area contributed by atoms with Gasteiger partial charge in [0.2, 0.25) is 0 Å². The zero-order chi connectivity index (χ0) is 12.9. The number of aryl methyl sites for hydroxylation is 1. The Morgan fingerprint density at radius 1 is 1.33 bits per heavy atom. The molecule has 0 amide bonds. The summed E-state index contributed by atoms with van der Waals surface area (Å²) in [4.78, 5) is 0. The monoisotopic (exact) mass is 246 g/mol. The maximum absolute atomic E-state index is 9.64. The van der Waals surface area contributed by atoms with E-state index in [0.717, 1.165) is 46.4 Å². The molecule has 0 radical (unpaired) electrons. The number of hydrogen-bond donors (Lipinski definition) is 1. The quantitative estimate of drug-likeness (QED) is 0.884. The van der Waals surface area contributed by atoms with E-state index in [0.29, 0.717) is 0 Å². The Morgan fingerprint density at radius 3 is 2.78 bits per heavy atom. The van der Waals surface area contributed by atoms with Crippen molar-refractivity contribution in [1.82, 2.24) is 0 Å². The summed E-state index contributed by atoms with van der Waals surface area (Å²) in [5.41, 5.74) is 2.59. The first-order valence-corrected chi connectivity index (χ1v) is 6.41. The van der Waals surface area contributed by atoms with E-state index in [1.807, 2.05) is 12.1 Å². The van der Waals surface area contributed by atoms with Crippen molar-refractivity contribution in [3.63, 3.8) is 0 Å². The van der Waals surface area contributed by atoms with Gasteiger partial charge in [-0.05, 0) is 26.0 Å². The molecule has 1 N–H and O–H groups in total. The van der Waals surface area contributed by atoms with Crippen LogP contribution in [0.4, 0.5) is 0 Å². The minimum absolute atomic E-state index is 0.00419. The number of aliphatic hydroxyl groups is 1. The van der Waals surface area contributed by atoms with Crippen LogP contribution in [0.2, 0.25) is 0 Å². The summed E-state index contributed by atoms with van der Waals surface area (Å²) in [7, 11) is 0. The largest absolute Gasteiger partial charge is 0.487 e. The van der Waals surface area contributed by atoms with E-state index in [4.69, 9.17) is 9.15 Å². The molecule has 0 spiro atoms. The third kappa shape index (κ3) is 1.62. The Morgan fingerprint density at radius 2 is 2.11 bits per heavy atom. The van der Waals surface area contributed by atoms with Gasteiger partial charge in [0, 0.05) is 29.4 Å². The zero-order valence-electron chi connectivity index (χ0n) is 11.0. The average molecular weight is 246 g/mol. The standard InChI is InChI=1S/C15H18O3/c1-4-10-5-9-6-13-11(7-15(2,3)18-13)12(8-16)14(9)17-10/h5-6,16H,4,7-8H2,1-3H3. The minimum atomic E-state index is -0.196. The number of fused-ring (bicyclic) bond motifs is 2. The molecule has 2 heterocycles. The van der Waals surface area contributed by atoms with Crippen molar-refractivity contribution in [3.8, 4) is 5.75 Å². The fraction of sp³-hybridized carbons (Fsp3) is 0.467. The summed E-state index contributed by atoms with van der Waals surface area (Å²) >= 11 is 0. The third-order valence-electron chi connectivity index (χ3n) is 3.53. The Kier molecular flexibility index (Phi) is 2.42. The summed E-state index contributed by atoms with van der Waals surface area (Å²) in [6.07, 6.45) is 1.67. The van der Waals surface area contributed by atoms with E-state index >= 15 is 0 Å². The Hall–Kier alpha value is -1.48. The fourth-order valence-electron chi connectivity index (χ4n) is 2.70. The van der Waals surface area contributed by atoms with Crippen molar-refractivity contribution in [1.29, 1.82) is 0 Å². The van der Waals surface area contributed by atoms with Gasteiger partial charge in [-0.25, -0.2) is 0 Å². The molecule has 1 aromatic heterocycles. The maximum Gasteiger partial charge on any atom is 0.140 e. The van der Waals surface area contributed by atoms with Gasteiger partial charge in [0.1, 0.15) is 22.7 Å². The first-order valence-electron chi connectivity index (χ1n) is 6.41. The normalized spacial score (nSPS) is 16.9. The van der Waals surface area contributed by atoms with E-state index in [1.54, 1.807) is 0 Å². The second-order valence-electron chi connectivity index (χ2n) is 5.51. The summed E-state index contributed by atoms with van der Waals surface area (Å²) in [5, 5.41) is 10.7. The van der Waals surface area contributed by atoms with E-state index in [9.17, 15) is 5.11 Å². The van der Waals surface area contributed by atoms with Crippen LogP contribution in [0.3, 0.4) is 0 Å². The molecule has 0 bridgehead atoms. The Labute approximate surface area is 106 Å². The van der Waals surface area contributed by atoms with E-state index in [2.05, 4.69) is 20.8 Å². The Bertz CT molecular complexity index is 608. The predicted molar refractivity (Wildman–Crippen MR) is 69.9 cm³/mol. The summed E-state index contributed by atoms with van der Waals surface area (Å²) in [6.45, 7) is 6.18. The molecule has 0 saturated carbocycles. The van der Waals surface area contributed by atoms with Crippen LogP contribution in [0.15, 0.2) is 16.5 Å². The highest BCUT2D eigenvalue weighted by Gasteiger charge is 2.33.